The van der Waals surface area contributed by atoms with Crippen LogP contribution in [0.2, 0.25) is 0 Å². The molecule has 40 heavy (non-hydrogen) atoms. The second-order valence-electron chi connectivity index (χ2n) is 9.87. The largest absolute Gasteiger partial charge is 0.494 e. The highest BCUT2D eigenvalue weighted by Crippen LogP contribution is 2.37. The molecule has 0 fully saturated rings. The third-order valence-corrected chi connectivity index (χ3v) is 7.16. The van der Waals surface area contributed by atoms with Gasteiger partial charge in [-0.1, -0.05) is 53.9 Å². The molecular weight excluding hydrogens is 494 g/mol. The van der Waals surface area contributed by atoms with E-state index in [1.165, 1.54) is 11.1 Å². The molecule has 6 aromatic rings. The molecule has 0 atom stereocenters. The molecule has 0 aliphatic rings. The van der Waals surface area contributed by atoms with Gasteiger partial charge in [-0.25, -0.2) is 0 Å². The summed E-state index contributed by atoms with van der Waals surface area (Å²) >= 11 is 0. The van der Waals surface area contributed by atoms with E-state index in [1.807, 2.05) is 28.5 Å². The lowest BCUT2D eigenvalue weighted by atomic mass is 10.1. The van der Waals surface area contributed by atoms with Crippen LogP contribution in [0.1, 0.15) is 16.8 Å². The summed E-state index contributed by atoms with van der Waals surface area (Å²) in [6, 6.07) is 33.1. The number of anilines is 3. The molecule has 0 saturated heterocycles. The number of H-pyrrole nitrogens is 1. The molecule has 0 unspecified atom stereocenters. The smallest absolute Gasteiger partial charge is 0.217 e. The third-order valence-electron chi connectivity index (χ3n) is 7.16. The Kier molecular flexibility index (Phi) is 6.22. The summed E-state index contributed by atoms with van der Waals surface area (Å²) in [7, 11) is 0. The fourth-order valence-electron chi connectivity index (χ4n) is 5.09. The molecule has 2 N–H and O–H groups in total. The zero-order valence-corrected chi connectivity index (χ0v) is 22.3. The Labute approximate surface area is 232 Å². The fourth-order valence-corrected chi connectivity index (χ4v) is 5.09. The number of benzene rings is 4. The molecule has 6 rings (SSSR count). The van der Waals surface area contributed by atoms with E-state index >= 15 is 0 Å². The maximum Gasteiger partial charge on any atom is 0.217 e. The topological polar surface area (TPSA) is 54.4 Å². The van der Waals surface area contributed by atoms with Gasteiger partial charge >= 0.3 is 0 Å². The Morgan fingerprint density at radius 2 is 1.52 bits per heavy atom. The van der Waals surface area contributed by atoms with Gasteiger partial charge in [-0.2, -0.15) is 4.24 Å². The molecule has 2 aromatic heterocycles. The van der Waals surface area contributed by atoms with Crippen molar-refractivity contribution in [1.29, 1.82) is 0 Å². The third kappa shape index (κ3) is 4.42. The number of ether oxygens (including phenoxy) is 1. The lowest BCUT2D eigenvalue weighted by Crippen LogP contribution is -2.35. The first-order chi connectivity index (χ1) is 19.4. The molecular formula is C35H28N3O2+. The summed E-state index contributed by atoms with van der Waals surface area (Å²) in [6.07, 6.45) is 9.45. The molecule has 0 radical (unpaired) electrons. The molecule has 2 heterocycles. The van der Waals surface area contributed by atoms with Crippen LogP contribution in [0.4, 0.5) is 17.1 Å². The molecule has 0 aliphatic carbocycles. The van der Waals surface area contributed by atoms with Crippen LogP contribution in [0.3, 0.4) is 0 Å². The van der Waals surface area contributed by atoms with Crippen molar-refractivity contribution in [3.05, 3.63) is 126 Å². The molecule has 0 spiro atoms. The minimum Gasteiger partial charge on any atom is -0.494 e. The van der Waals surface area contributed by atoms with Crippen LogP contribution in [-0.4, -0.2) is 10.1 Å². The van der Waals surface area contributed by atoms with E-state index in [9.17, 15) is 5.11 Å². The second-order valence-corrected chi connectivity index (χ2v) is 9.87. The standard InChI is InChI=1S/C35H27N3O2/c1-5-40-33-8-6-7-30-31(36-35(39)34(30)33)22-28-18-13-25-21-29(19-20-32(25)37(28)4)38(26-14-9-23(2)10-15-26)27-16-11-24(3)12-17-27/h1,6-22,36H,4H2,2-3H3/p+1. The van der Waals surface area contributed by atoms with Crippen molar-refractivity contribution in [2.45, 2.75) is 13.8 Å². The van der Waals surface area contributed by atoms with Gasteiger partial charge in [0.2, 0.25) is 16.7 Å². The Balaban J connectivity index is 1.47. The Bertz CT molecular complexity index is 1990. The van der Waals surface area contributed by atoms with Gasteiger partial charge in [-0.3, -0.25) is 0 Å². The number of aromatic nitrogens is 2. The summed E-state index contributed by atoms with van der Waals surface area (Å²) in [5.41, 5.74) is 7.38. The van der Waals surface area contributed by atoms with Gasteiger partial charge in [-0.15, -0.1) is 0 Å². The number of nitrogens with one attached hydrogen (secondary N) is 1. The van der Waals surface area contributed by atoms with Gasteiger partial charge in [0, 0.05) is 46.0 Å². The molecule has 0 saturated carbocycles. The van der Waals surface area contributed by atoms with Gasteiger partial charge in [0.1, 0.15) is 12.8 Å². The number of aromatic amines is 1. The van der Waals surface area contributed by atoms with Crippen molar-refractivity contribution >= 4 is 44.8 Å². The van der Waals surface area contributed by atoms with Gasteiger partial charge in [0.15, 0.2) is 5.75 Å². The fraction of sp³-hybridized carbons (Fsp3) is 0.0571. The van der Waals surface area contributed by atoms with Crippen molar-refractivity contribution in [2.24, 2.45) is 0 Å². The zero-order chi connectivity index (χ0) is 27.8. The van der Waals surface area contributed by atoms with Crippen molar-refractivity contribution in [3.8, 4) is 24.2 Å². The van der Waals surface area contributed by atoms with Crippen LogP contribution >= 0.6 is 0 Å². The highest BCUT2D eigenvalue weighted by Gasteiger charge is 2.16. The van der Waals surface area contributed by atoms with Crippen LogP contribution < -0.4 is 19.2 Å². The van der Waals surface area contributed by atoms with Crippen LogP contribution in [0.5, 0.6) is 11.6 Å². The van der Waals surface area contributed by atoms with Crippen LogP contribution in [0.15, 0.2) is 97.1 Å². The van der Waals surface area contributed by atoms with Crippen molar-refractivity contribution in [2.75, 3.05) is 4.90 Å². The Morgan fingerprint density at radius 3 is 2.17 bits per heavy atom. The number of hydrogen-bond acceptors (Lipinski definition) is 3. The predicted octanol–water partition coefficient (Wildman–Crippen LogP) is 6.84. The number of hydrogen-bond donors (Lipinski definition) is 2. The van der Waals surface area contributed by atoms with Gasteiger partial charge < -0.3 is 19.7 Å². The minimum absolute atomic E-state index is 0.000413. The summed E-state index contributed by atoms with van der Waals surface area (Å²) < 4.78 is 7.16. The van der Waals surface area contributed by atoms with Gasteiger partial charge in [0.05, 0.1) is 11.1 Å². The van der Waals surface area contributed by atoms with E-state index in [1.54, 1.807) is 6.07 Å². The maximum atomic E-state index is 10.6. The van der Waals surface area contributed by atoms with Gasteiger partial charge in [0.25, 0.3) is 0 Å². The lowest BCUT2D eigenvalue weighted by molar-refractivity contribution is -0.483. The highest BCUT2D eigenvalue weighted by molar-refractivity contribution is 5.98. The van der Waals surface area contributed by atoms with Gasteiger partial charge in [-0.05, 0) is 62.4 Å². The number of aryl methyl sites for hydroxylation is 2. The Hall–Kier alpha value is -5.47. The molecule has 5 heteroatoms. The number of aromatic hydroxyl groups is 1. The lowest BCUT2D eigenvalue weighted by Gasteiger charge is -2.25. The first kappa shape index (κ1) is 24.8. The number of rotatable bonds is 5. The van der Waals surface area contributed by atoms with E-state index in [0.29, 0.717) is 11.1 Å². The predicted molar refractivity (Wildman–Crippen MR) is 162 cm³/mol. The SMILES string of the molecule is C#COc1cccc2c(C=c3ccc4cc(N(c5ccc(C)cc5)c5ccc(C)cc5)ccc4[n+]3=C)[nH]c(O)c12. The van der Waals surface area contributed by atoms with E-state index in [0.717, 1.165) is 44.4 Å². The average molecular weight is 523 g/mol. The molecule has 0 bridgehead atoms. The molecule has 5 nitrogen and oxygen atoms in total. The first-order valence-electron chi connectivity index (χ1n) is 13.0. The number of fused-ring (bicyclic) bond motifs is 2. The minimum atomic E-state index is 0.000413. The monoisotopic (exact) mass is 522 g/mol. The average Bonchev–Trinajstić information content (AvgIpc) is 3.28. The summed E-state index contributed by atoms with van der Waals surface area (Å²) in [4.78, 5) is 5.31. The quantitative estimate of drug-likeness (QED) is 0.193. The molecule has 194 valence electrons. The van der Waals surface area contributed by atoms with Crippen molar-refractivity contribution in [1.82, 2.24) is 4.98 Å². The summed E-state index contributed by atoms with van der Waals surface area (Å²) in [6.45, 7) is 8.53. The van der Waals surface area contributed by atoms with E-state index in [-0.39, 0.29) is 5.88 Å². The van der Waals surface area contributed by atoms with Crippen LogP contribution in [-0.2, 0) is 0 Å². The molecule has 0 aliphatic heterocycles. The van der Waals surface area contributed by atoms with E-state index in [4.69, 9.17) is 11.2 Å². The zero-order valence-electron chi connectivity index (χ0n) is 22.3. The maximum absolute atomic E-state index is 10.6. The highest BCUT2D eigenvalue weighted by atomic mass is 16.5. The van der Waals surface area contributed by atoms with E-state index < -0.39 is 0 Å². The number of nitrogens with zero attached hydrogens (tertiary/aromatic N) is 2. The molecule has 0 amide bonds. The van der Waals surface area contributed by atoms with Crippen LogP contribution in [0.25, 0.3) is 27.8 Å². The molecule has 4 aromatic carbocycles. The van der Waals surface area contributed by atoms with E-state index in [2.05, 4.69) is 109 Å². The normalized spacial score (nSPS) is 11.6. The Morgan fingerprint density at radius 1 is 0.875 bits per heavy atom. The summed E-state index contributed by atoms with van der Waals surface area (Å²) in [5, 5.41) is 13.8. The van der Waals surface area contributed by atoms with Crippen molar-refractivity contribution < 1.29 is 14.1 Å². The van der Waals surface area contributed by atoms with Crippen LogP contribution in [0, 0.1) is 33.1 Å². The number of pyridine rings is 1. The van der Waals surface area contributed by atoms with Crippen molar-refractivity contribution in [3.63, 3.8) is 0 Å². The second kappa shape index (κ2) is 10.0. The first-order valence-corrected chi connectivity index (χ1v) is 13.0. The summed E-state index contributed by atoms with van der Waals surface area (Å²) in [5.74, 6) is 0.425. The number of terminal acetylenes is 1.